The molecule has 0 atom stereocenters. The van der Waals surface area contributed by atoms with Gasteiger partial charge in [-0.15, -0.1) is 0 Å². The summed E-state index contributed by atoms with van der Waals surface area (Å²) in [4.78, 5) is 28.8. The van der Waals surface area contributed by atoms with Crippen molar-refractivity contribution in [1.29, 1.82) is 5.26 Å². The van der Waals surface area contributed by atoms with E-state index in [1.807, 2.05) is 42.7 Å². The largest absolute Gasteiger partial charge is 0.338 e. The van der Waals surface area contributed by atoms with Crippen LogP contribution in [0.4, 0.5) is 0 Å². The van der Waals surface area contributed by atoms with Crippen LogP contribution < -0.4 is 4.98 Å². The predicted molar refractivity (Wildman–Crippen MR) is 95.3 cm³/mol. The van der Waals surface area contributed by atoms with Crippen molar-refractivity contribution < 1.29 is 9.78 Å². The zero-order chi connectivity index (χ0) is 17.9. The van der Waals surface area contributed by atoms with E-state index < -0.39 is 0 Å². The second-order valence-corrected chi connectivity index (χ2v) is 6.10. The van der Waals surface area contributed by atoms with Crippen LogP contribution in [-0.4, -0.2) is 38.8 Å². The van der Waals surface area contributed by atoms with Crippen LogP contribution in [0.1, 0.15) is 18.5 Å². The van der Waals surface area contributed by atoms with Crippen LogP contribution in [0, 0.1) is 11.3 Å². The van der Waals surface area contributed by atoms with E-state index in [1.165, 1.54) is 0 Å². The van der Waals surface area contributed by atoms with Crippen LogP contribution in [0.15, 0.2) is 43.0 Å². The van der Waals surface area contributed by atoms with Gasteiger partial charge >= 0.3 is 0 Å². The summed E-state index contributed by atoms with van der Waals surface area (Å²) < 4.78 is 0. The molecule has 3 aromatic rings. The maximum atomic E-state index is 11.8. The quantitative estimate of drug-likeness (QED) is 0.784. The smallest absolute Gasteiger partial charge is 0.286 e. The molecule has 26 heavy (non-hydrogen) atoms. The van der Waals surface area contributed by atoms with Gasteiger partial charge in [-0.3, -0.25) is 4.79 Å². The molecule has 4 heterocycles. The normalized spacial score (nSPS) is 14.1. The molecule has 1 amide bonds. The Kier molecular flexibility index (Phi) is 4.15. The van der Waals surface area contributed by atoms with Gasteiger partial charge in [0.2, 0.25) is 5.91 Å². The summed E-state index contributed by atoms with van der Waals surface area (Å²) in [5.41, 5.74) is 4.72. The van der Waals surface area contributed by atoms with E-state index >= 15 is 0 Å². The third kappa shape index (κ3) is 2.93. The number of amides is 1. The second-order valence-electron chi connectivity index (χ2n) is 6.10. The SMILES string of the molecule is N#CCC(=O)N1CC=C(c2cccc(-c3c[nH]c4nc[nH+]cc34)n2)CC1. The Morgan fingerprint density at radius 2 is 2.27 bits per heavy atom. The monoisotopic (exact) mass is 345 g/mol. The number of hydrogen-bond acceptors (Lipinski definition) is 4. The van der Waals surface area contributed by atoms with E-state index in [9.17, 15) is 4.79 Å². The third-order valence-electron chi connectivity index (χ3n) is 4.54. The molecule has 0 bridgehead atoms. The van der Waals surface area contributed by atoms with Gasteiger partial charge in [-0.05, 0) is 29.1 Å². The molecular formula is C19H17N6O+. The number of pyridine rings is 1. The molecule has 2 N–H and O–H groups in total. The first-order valence-corrected chi connectivity index (χ1v) is 8.41. The van der Waals surface area contributed by atoms with Crippen LogP contribution in [0.25, 0.3) is 27.9 Å². The Hall–Kier alpha value is -3.53. The molecule has 0 fully saturated rings. The molecule has 7 nitrogen and oxygen atoms in total. The second kappa shape index (κ2) is 6.76. The van der Waals surface area contributed by atoms with Gasteiger partial charge in [0.25, 0.3) is 12.0 Å². The molecule has 0 unspecified atom stereocenters. The van der Waals surface area contributed by atoms with Gasteiger partial charge in [0, 0.05) is 24.8 Å². The summed E-state index contributed by atoms with van der Waals surface area (Å²) in [6.45, 7) is 1.14. The molecule has 1 aliphatic rings. The minimum atomic E-state index is -0.118. The zero-order valence-electron chi connectivity index (χ0n) is 14.1. The van der Waals surface area contributed by atoms with Gasteiger partial charge in [-0.2, -0.15) is 5.26 Å². The number of H-pyrrole nitrogens is 2. The first-order valence-electron chi connectivity index (χ1n) is 8.41. The first kappa shape index (κ1) is 16.0. The Labute approximate surface area is 150 Å². The lowest BCUT2D eigenvalue weighted by molar-refractivity contribution is -0.380. The van der Waals surface area contributed by atoms with E-state index in [0.29, 0.717) is 13.1 Å². The van der Waals surface area contributed by atoms with E-state index in [-0.39, 0.29) is 12.3 Å². The van der Waals surface area contributed by atoms with E-state index in [2.05, 4.69) is 15.0 Å². The van der Waals surface area contributed by atoms with Crippen molar-refractivity contribution >= 4 is 22.5 Å². The maximum absolute atomic E-state index is 11.8. The number of nitrogens with zero attached hydrogens (tertiary/aromatic N) is 4. The number of aromatic amines is 2. The fraction of sp³-hybridized carbons (Fsp3) is 0.211. The molecule has 0 spiro atoms. The number of nitriles is 1. The van der Waals surface area contributed by atoms with Crippen LogP contribution in [0.2, 0.25) is 0 Å². The fourth-order valence-corrected chi connectivity index (χ4v) is 3.18. The fourth-order valence-electron chi connectivity index (χ4n) is 3.18. The summed E-state index contributed by atoms with van der Waals surface area (Å²) >= 11 is 0. The summed E-state index contributed by atoms with van der Waals surface area (Å²) in [5.74, 6) is -0.118. The molecular weight excluding hydrogens is 328 g/mol. The number of aromatic nitrogens is 4. The number of carbonyl (C=O) groups is 1. The van der Waals surface area contributed by atoms with Crippen molar-refractivity contribution in [2.24, 2.45) is 0 Å². The van der Waals surface area contributed by atoms with Crippen molar-refractivity contribution in [2.75, 3.05) is 13.1 Å². The highest BCUT2D eigenvalue weighted by Crippen LogP contribution is 2.28. The lowest BCUT2D eigenvalue weighted by Gasteiger charge is -2.25. The van der Waals surface area contributed by atoms with Gasteiger partial charge in [0.05, 0.1) is 22.8 Å². The van der Waals surface area contributed by atoms with Gasteiger partial charge in [0.1, 0.15) is 12.6 Å². The maximum Gasteiger partial charge on any atom is 0.286 e. The summed E-state index contributed by atoms with van der Waals surface area (Å²) in [5, 5.41) is 9.65. The van der Waals surface area contributed by atoms with Gasteiger partial charge in [0.15, 0.2) is 0 Å². The van der Waals surface area contributed by atoms with E-state index in [0.717, 1.165) is 40.0 Å². The van der Waals surface area contributed by atoms with Crippen LogP contribution in [0.5, 0.6) is 0 Å². The van der Waals surface area contributed by atoms with Crippen molar-refractivity contribution in [3.05, 3.63) is 48.7 Å². The number of hydrogen-bond donors (Lipinski definition) is 1. The highest BCUT2D eigenvalue weighted by Gasteiger charge is 2.19. The molecule has 0 saturated heterocycles. The molecule has 0 aromatic carbocycles. The van der Waals surface area contributed by atoms with Crippen LogP contribution >= 0.6 is 0 Å². The molecule has 7 heteroatoms. The van der Waals surface area contributed by atoms with E-state index in [4.69, 9.17) is 10.2 Å². The molecule has 3 aromatic heterocycles. The zero-order valence-corrected chi connectivity index (χ0v) is 14.1. The van der Waals surface area contributed by atoms with Crippen LogP contribution in [0.3, 0.4) is 0 Å². The standard InChI is InChI=1S/C19H16N6O/c20-7-4-18(26)25-8-5-13(6-9-25)16-2-1-3-17(24-16)14-11-22-19-15(14)10-21-12-23-19/h1-3,5,10-12H,4,6,8-9H2,(H,21,22,23)/p+1. The average molecular weight is 345 g/mol. The Morgan fingerprint density at radius 3 is 3.08 bits per heavy atom. The molecule has 1 aliphatic heterocycles. The average Bonchev–Trinajstić information content (AvgIpc) is 3.13. The minimum absolute atomic E-state index is 0.0669. The predicted octanol–water partition coefficient (Wildman–Crippen LogP) is 1.97. The highest BCUT2D eigenvalue weighted by molar-refractivity contribution is 5.91. The number of rotatable bonds is 3. The Morgan fingerprint density at radius 1 is 1.38 bits per heavy atom. The Bertz CT molecular complexity index is 1050. The lowest BCUT2D eigenvalue weighted by Crippen LogP contribution is -2.34. The summed E-state index contributed by atoms with van der Waals surface area (Å²) in [7, 11) is 0. The van der Waals surface area contributed by atoms with Gasteiger partial charge in [-0.1, -0.05) is 12.1 Å². The summed E-state index contributed by atoms with van der Waals surface area (Å²) in [6.07, 6.45) is 8.14. The molecule has 0 aliphatic carbocycles. The van der Waals surface area contributed by atoms with Gasteiger partial charge in [-0.25, -0.2) is 9.97 Å². The van der Waals surface area contributed by atoms with Crippen molar-refractivity contribution in [1.82, 2.24) is 19.9 Å². The molecule has 0 saturated carbocycles. The molecule has 128 valence electrons. The number of nitrogens with one attached hydrogen (secondary N) is 2. The van der Waals surface area contributed by atoms with Crippen molar-refractivity contribution in [2.45, 2.75) is 12.8 Å². The lowest BCUT2D eigenvalue weighted by atomic mass is 10.0. The first-order chi connectivity index (χ1) is 12.8. The molecule has 0 radical (unpaired) electrons. The molecule has 4 rings (SSSR count). The van der Waals surface area contributed by atoms with Crippen LogP contribution in [-0.2, 0) is 4.79 Å². The third-order valence-corrected chi connectivity index (χ3v) is 4.54. The Balaban J connectivity index is 1.61. The topological polar surface area (TPSA) is 99.8 Å². The minimum Gasteiger partial charge on any atom is -0.338 e. The number of fused-ring (bicyclic) bond motifs is 1. The van der Waals surface area contributed by atoms with Gasteiger partial charge < -0.3 is 9.88 Å². The van der Waals surface area contributed by atoms with Crippen molar-refractivity contribution in [3.63, 3.8) is 0 Å². The van der Waals surface area contributed by atoms with E-state index in [1.54, 1.807) is 11.2 Å². The highest BCUT2D eigenvalue weighted by atomic mass is 16.2. The summed E-state index contributed by atoms with van der Waals surface area (Å²) in [6, 6.07) is 7.87. The number of carbonyl (C=O) groups excluding carboxylic acids is 1. The van der Waals surface area contributed by atoms with Crippen molar-refractivity contribution in [3.8, 4) is 17.3 Å².